The summed E-state index contributed by atoms with van der Waals surface area (Å²) in [6.07, 6.45) is 4.58. The van der Waals surface area contributed by atoms with E-state index >= 15 is 0 Å². The predicted octanol–water partition coefficient (Wildman–Crippen LogP) is 5.25. The van der Waals surface area contributed by atoms with Crippen molar-refractivity contribution < 1.29 is 9.21 Å². The summed E-state index contributed by atoms with van der Waals surface area (Å²) in [5.74, 6) is 1.67. The highest BCUT2D eigenvalue weighted by molar-refractivity contribution is 7.98. The van der Waals surface area contributed by atoms with E-state index in [1.165, 1.54) is 0 Å². The molecule has 0 fully saturated rings. The second-order valence-corrected chi connectivity index (χ2v) is 7.83. The molecule has 0 bridgehead atoms. The summed E-state index contributed by atoms with van der Waals surface area (Å²) in [5.41, 5.74) is 3.56. The highest BCUT2D eigenvalue weighted by Crippen LogP contribution is 2.32. The molecular formula is C23H20N2O2S. The van der Waals surface area contributed by atoms with E-state index in [0.717, 1.165) is 46.8 Å². The van der Waals surface area contributed by atoms with Crippen LogP contribution in [0.25, 0.3) is 0 Å². The van der Waals surface area contributed by atoms with E-state index in [1.54, 1.807) is 18.0 Å². The number of nitrogens with zero attached hydrogens (tertiary/aromatic N) is 1. The topological polar surface area (TPSA) is 66.0 Å². The fourth-order valence-corrected chi connectivity index (χ4v) is 4.49. The van der Waals surface area contributed by atoms with E-state index in [4.69, 9.17) is 9.68 Å². The lowest BCUT2D eigenvalue weighted by atomic mass is 9.93. The molecule has 1 atom stereocenters. The zero-order valence-corrected chi connectivity index (χ0v) is 16.2. The van der Waals surface area contributed by atoms with Gasteiger partial charge in [0, 0.05) is 22.6 Å². The second kappa shape index (κ2) is 8.37. The van der Waals surface area contributed by atoms with Crippen molar-refractivity contribution in [3.8, 4) is 6.07 Å². The Morgan fingerprint density at radius 3 is 2.82 bits per heavy atom. The van der Waals surface area contributed by atoms with Crippen molar-refractivity contribution in [3.63, 3.8) is 0 Å². The zero-order chi connectivity index (χ0) is 19.3. The SMILES string of the molecule is N#Cc1ccc(CSc2ccccc2C(=O)NC2CCCc3occc32)cc1. The number of aryl methyl sites for hydroxylation is 1. The molecule has 1 N–H and O–H groups in total. The van der Waals surface area contributed by atoms with E-state index in [2.05, 4.69) is 11.4 Å². The number of carbonyl (C=O) groups excluding carboxylic acids is 1. The molecule has 1 heterocycles. The van der Waals surface area contributed by atoms with E-state index in [9.17, 15) is 4.79 Å². The third-order valence-electron chi connectivity index (χ3n) is 4.97. The van der Waals surface area contributed by atoms with Gasteiger partial charge in [-0.15, -0.1) is 11.8 Å². The van der Waals surface area contributed by atoms with Crippen molar-refractivity contribution in [2.75, 3.05) is 0 Å². The fraction of sp³-hybridized carbons (Fsp3) is 0.217. The third kappa shape index (κ3) is 3.97. The van der Waals surface area contributed by atoms with Crippen LogP contribution in [0.5, 0.6) is 0 Å². The number of fused-ring (bicyclic) bond motifs is 1. The van der Waals surface area contributed by atoms with Gasteiger partial charge in [-0.1, -0.05) is 24.3 Å². The number of rotatable bonds is 5. The largest absolute Gasteiger partial charge is 0.469 e. The first-order valence-corrected chi connectivity index (χ1v) is 10.3. The quantitative estimate of drug-likeness (QED) is 0.606. The van der Waals surface area contributed by atoms with Crippen molar-refractivity contribution in [1.82, 2.24) is 5.32 Å². The monoisotopic (exact) mass is 388 g/mol. The molecule has 140 valence electrons. The maximum atomic E-state index is 13.0. The molecule has 0 saturated heterocycles. The maximum absolute atomic E-state index is 13.0. The van der Waals surface area contributed by atoms with E-state index in [0.29, 0.717) is 11.1 Å². The van der Waals surface area contributed by atoms with Crippen LogP contribution in [0.3, 0.4) is 0 Å². The van der Waals surface area contributed by atoms with Gasteiger partial charge in [0.15, 0.2) is 0 Å². The van der Waals surface area contributed by atoms with Crippen LogP contribution in [0, 0.1) is 11.3 Å². The minimum Gasteiger partial charge on any atom is -0.469 e. The standard InChI is InChI=1S/C23H20N2O2S/c24-14-16-8-10-17(11-9-16)15-28-22-7-2-1-4-19(22)23(26)25-20-5-3-6-21-18(20)12-13-27-21/h1-2,4,7-13,20H,3,5-6,15H2,(H,25,26). The van der Waals surface area contributed by atoms with Crippen LogP contribution in [-0.2, 0) is 12.2 Å². The normalized spacial score (nSPS) is 15.5. The van der Waals surface area contributed by atoms with Crippen LogP contribution in [-0.4, -0.2) is 5.91 Å². The van der Waals surface area contributed by atoms with Gasteiger partial charge in [-0.05, 0) is 48.7 Å². The van der Waals surface area contributed by atoms with Crippen LogP contribution >= 0.6 is 11.8 Å². The number of benzene rings is 2. The lowest BCUT2D eigenvalue weighted by Crippen LogP contribution is -2.30. The number of hydrogen-bond acceptors (Lipinski definition) is 4. The molecule has 3 aromatic rings. The number of carbonyl (C=O) groups is 1. The summed E-state index contributed by atoms with van der Waals surface area (Å²) in [5, 5.41) is 12.1. The van der Waals surface area contributed by atoms with Gasteiger partial charge in [0.05, 0.1) is 29.5 Å². The Morgan fingerprint density at radius 1 is 1.18 bits per heavy atom. The Labute approximate surface area is 168 Å². The molecule has 1 aliphatic rings. The van der Waals surface area contributed by atoms with Crippen LogP contribution in [0.4, 0.5) is 0 Å². The van der Waals surface area contributed by atoms with E-state index in [-0.39, 0.29) is 11.9 Å². The summed E-state index contributed by atoms with van der Waals surface area (Å²) in [6.45, 7) is 0. The Morgan fingerprint density at radius 2 is 2.00 bits per heavy atom. The molecule has 1 unspecified atom stereocenters. The highest BCUT2D eigenvalue weighted by Gasteiger charge is 2.25. The van der Waals surface area contributed by atoms with Crippen molar-refractivity contribution in [2.24, 2.45) is 0 Å². The molecule has 0 radical (unpaired) electrons. The average Bonchev–Trinajstić information content (AvgIpc) is 3.23. The molecule has 1 aromatic heterocycles. The number of nitriles is 1. The Bertz CT molecular complexity index is 1020. The van der Waals surface area contributed by atoms with E-state index < -0.39 is 0 Å². The van der Waals surface area contributed by atoms with Crippen LogP contribution < -0.4 is 5.32 Å². The molecule has 0 saturated carbocycles. The minimum atomic E-state index is -0.0537. The Kier molecular flexibility index (Phi) is 5.50. The van der Waals surface area contributed by atoms with Gasteiger partial charge >= 0.3 is 0 Å². The molecule has 2 aromatic carbocycles. The van der Waals surface area contributed by atoms with Crippen LogP contribution in [0.1, 0.15) is 51.7 Å². The smallest absolute Gasteiger partial charge is 0.252 e. The summed E-state index contributed by atoms with van der Waals surface area (Å²) in [4.78, 5) is 13.9. The number of nitrogens with one attached hydrogen (secondary N) is 1. The van der Waals surface area contributed by atoms with Crippen molar-refractivity contribution in [3.05, 3.63) is 88.9 Å². The molecular weight excluding hydrogens is 368 g/mol. The van der Waals surface area contributed by atoms with Crippen LogP contribution in [0.15, 0.2) is 70.2 Å². The van der Waals surface area contributed by atoms with Crippen molar-refractivity contribution >= 4 is 17.7 Å². The fourth-order valence-electron chi connectivity index (χ4n) is 3.49. The summed E-state index contributed by atoms with van der Waals surface area (Å²) < 4.78 is 5.53. The number of furan rings is 1. The molecule has 4 nitrogen and oxygen atoms in total. The molecule has 1 aliphatic carbocycles. The van der Waals surface area contributed by atoms with Gasteiger partial charge in [-0.2, -0.15) is 5.26 Å². The van der Waals surface area contributed by atoms with Gasteiger partial charge < -0.3 is 9.73 Å². The predicted molar refractivity (Wildman–Crippen MR) is 109 cm³/mol. The molecule has 28 heavy (non-hydrogen) atoms. The molecule has 1 amide bonds. The second-order valence-electron chi connectivity index (χ2n) is 6.81. The third-order valence-corrected chi connectivity index (χ3v) is 6.11. The minimum absolute atomic E-state index is 0.00609. The summed E-state index contributed by atoms with van der Waals surface area (Å²) in [7, 11) is 0. The first-order valence-electron chi connectivity index (χ1n) is 9.32. The van der Waals surface area contributed by atoms with Gasteiger partial charge in [-0.3, -0.25) is 4.79 Å². The average molecular weight is 388 g/mol. The van der Waals surface area contributed by atoms with Gasteiger partial charge in [0.25, 0.3) is 5.91 Å². The Hall–Kier alpha value is -2.97. The first-order chi connectivity index (χ1) is 13.7. The van der Waals surface area contributed by atoms with Crippen molar-refractivity contribution in [1.29, 1.82) is 5.26 Å². The first kappa shape index (κ1) is 18.4. The van der Waals surface area contributed by atoms with Gasteiger partial charge in [0.2, 0.25) is 0 Å². The summed E-state index contributed by atoms with van der Waals surface area (Å²) in [6, 6.07) is 19.3. The van der Waals surface area contributed by atoms with Gasteiger partial charge in [0.1, 0.15) is 5.76 Å². The lowest BCUT2D eigenvalue weighted by molar-refractivity contribution is 0.0929. The van der Waals surface area contributed by atoms with Crippen LogP contribution in [0.2, 0.25) is 0 Å². The maximum Gasteiger partial charge on any atom is 0.252 e. The molecule has 0 aliphatic heterocycles. The molecule has 4 rings (SSSR count). The summed E-state index contributed by atoms with van der Waals surface area (Å²) >= 11 is 1.63. The molecule has 5 heteroatoms. The lowest BCUT2D eigenvalue weighted by Gasteiger charge is -2.23. The number of amides is 1. The van der Waals surface area contributed by atoms with Crippen molar-refractivity contribution in [2.45, 2.75) is 36.0 Å². The highest BCUT2D eigenvalue weighted by atomic mass is 32.2. The Balaban J connectivity index is 1.46. The van der Waals surface area contributed by atoms with E-state index in [1.807, 2.05) is 54.6 Å². The number of hydrogen-bond donors (Lipinski definition) is 1. The molecule has 0 spiro atoms. The zero-order valence-electron chi connectivity index (χ0n) is 15.4. The van der Waals surface area contributed by atoms with Gasteiger partial charge in [-0.25, -0.2) is 0 Å². The number of thioether (sulfide) groups is 1.